The molecule has 12 heteroatoms. The van der Waals surface area contributed by atoms with E-state index < -0.39 is 66.4 Å². The van der Waals surface area contributed by atoms with Gasteiger partial charge in [0.15, 0.2) is 0 Å². The highest BCUT2D eigenvalue weighted by molar-refractivity contribution is 5.99. The molecule has 1 saturated heterocycles. The Balaban J connectivity index is 1.46. The third-order valence-corrected chi connectivity index (χ3v) is 7.33. The highest BCUT2D eigenvalue weighted by Gasteiger charge is 2.47. The number of para-hydroxylation sites is 1. The van der Waals surface area contributed by atoms with Gasteiger partial charge in [0.25, 0.3) is 5.91 Å². The minimum Gasteiger partial charge on any atom is -0.467 e. The summed E-state index contributed by atoms with van der Waals surface area (Å²) in [5, 5.41) is 9.02. The van der Waals surface area contributed by atoms with Crippen LogP contribution in [0.15, 0.2) is 66.7 Å². The van der Waals surface area contributed by atoms with E-state index in [2.05, 4.69) is 20.9 Å². The number of benzene rings is 2. The first kappa shape index (κ1) is 32.1. The van der Waals surface area contributed by atoms with Crippen LogP contribution < -0.4 is 21.7 Å². The maximum Gasteiger partial charge on any atom is 0.328 e. The van der Waals surface area contributed by atoms with E-state index in [1.807, 2.05) is 42.5 Å². The first-order valence-corrected chi connectivity index (χ1v) is 14.4. The summed E-state index contributed by atoms with van der Waals surface area (Å²) in [4.78, 5) is 67.7. The number of methoxy groups -OCH3 is 1. The lowest BCUT2D eigenvalue weighted by Gasteiger charge is -2.22. The molecule has 0 aliphatic carbocycles. The van der Waals surface area contributed by atoms with E-state index in [-0.39, 0.29) is 18.0 Å². The topological polar surface area (TPSA) is 182 Å². The van der Waals surface area contributed by atoms with Gasteiger partial charge in [-0.15, -0.1) is 0 Å². The molecule has 5 N–H and O–H groups in total. The molecule has 1 aliphatic heterocycles. The molecule has 4 rings (SSSR count). The normalized spacial score (nSPS) is 17.6. The minimum absolute atomic E-state index is 0.0406. The summed E-state index contributed by atoms with van der Waals surface area (Å²) >= 11 is 0. The SMILES string of the molecule is COC(=O)[C@@H](NC(=O)CC1OC1C(Cc1ccccc1)NC(=O)[C@@H](CC(N)=O)NC(=O)c1ccc2ccccc2n1)C(C)C. The van der Waals surface area contributed by atoms with Crippen LogP contribution >= 0.6 is 0 Å². The number of epoxide rings is 1. The number of amides is 4. The molecular formula is C32H37N5O7. The highest BCUT2D eigenvalue weighted by atomic mass is 16.6. The van der Waals surface area contributed by atoms with Gasteiger partial charge < -0.3 is 31.2 Å². The largest absolute Gasteiger partial charge is 0.467 e. The number of primary amides is 1. The van der Waals surface area contributed by atoms with Crippen LogP contribution in [-0.4, -0.2) is 72.0 Å². The molecule has 5 atom stereocenters. The van der Waals surface area contributed by atoms with Crippen molar-refractivity contribution < 1.29 is 33.4 Å². The van der Waals surface area contributed by atoms with Crippen LogP contribution in [0.5, 0.6) is 0 Å². The predicted molar refractivity (Wildman–Crippen MR) is 161 cm³/mol. The summed E-state index contributed by atoms with van der Waals surface area (Å²) in [5.41, 5.74) is 7.01. The van der Waals surface area contributed by atoms with Crippen molar-refractivity contribution in [2.45, 2.75) is 63.4 Å². The number of aromatic nitrogens is 1. The van der Waals surface area contributed by atoms with E-state index in [1.165, 1.54) is 13.2 Å². The quantitative estimate of drug-likeness (QED) is 0.158. The number of pyridine rings is 1. The van der Waals surface area contributed by atoms with Crippen LogP contribution in [0.25, 0.3) is 10.9 Å². The van der Waals surface area contributed by atoms with Gasteiger partial charge in [-0.1, -0.05) is 68.4 Å². The maximum absolute atomic E-state index is 13.5. The Morgan fingerprint density at radius 1 is 0.932 bits per heavy atom. The number of hydrogen-bond donors (Lipinski definition) is 4. The van der Waals surface area contributed by atoms with Crippen molar-refractivity contribution in [3.05, 3.63) is 78.0 Å². The summed E-state index contributed by atoms with van der Waals surface area (Å²) in [7, 11) is 1.26. The lowest BCUT2D eigenvalue weighted by atomic mass is 9.99. The number of nitrogens with two attached hydrogens (primary N) is 1. The highest BCUT2D eigenvalue weighted by Crippen LogP contribution is 2.30. The van der Waals surface area contributed by atoms with Gasteiger partial charge in [-0.05, 0) is 30.0 Å². The van der Waals surface area contributed by atoms with Gasteiger partial charge >= 0.3 is 5.97 Å². The molecular weight excluding hydrogens is 566 g/mol. The molecule has 3 unspecified atom stereocenters. The van der Waals surface area contributed by atoms with Crippen LogP contribution in [0.2, 0.25) is 0 Å². The first-order chi connectivity index (χ1) is 21.0. The third kappa shape index (κ3) is 8.60. The van der Waals surface area contributed by atoms with E-state index in [1.54, 1.807) is 32.0 Å². The molecule has 2 aromatic carbocycles. The molecule has 44 heavy (non-hydrogen) atoms. The second-order valence-electron chi connectivity index (χ2n) is 11.0. The van der Waals surface area contributed by atoms with Gasteiger partial charge in [-0.3, -0.25) is 19.2 Å². The number of nitrogens with one attached hydrogen (secondary N) is 3. The second kappa shape index (κ2) is 14.6. The first-order valence-electron chi connectivity index (χ1n) is 14.4. The number of nitrogens with zero attached hydrogens (tertiary/aromatic N) is 1. The summed E-state index contributed by atoms with van der Waals surface area (Å²) in [6, 6.07) is 17.2. The summed E-state index contributed by atoms with van der Waals surface area (Å²) in [6.07, 6.45) is -1.19. The maximum atomic E-state index is 13.5. The van der Waals surface area contributed by atoms with Crippen LogP contribution in [0.4, 0.5) is 0 Å². The van der Waals surface area contributed by atoms with Gasteiger partial charge in [-0.25, -0.2) is 9.78 Å². The molecule has 0 bridgehead atoms. The Labute approximate surface area is 255 Å². The second-order valence-corrected chi connectivity index (χ2v) is 11.0. The molecule has 4 amide bonds. The van der Waals surface area contributed by atoms with Crippen LogP contribution in [-0.2, 0) is 35.1 Å². The van der Waals surface area contributed by atoms with Crippen molar-refractivity contribution in [1.29, 1.82) is 0 Å². The molecule has 232 valence electrons. The van der Waals surface area contributed by atoms with E-state index in [4.69, 9.17) is 15.2 Å². The van der Waals surface area contributed by atoms with Crippen LogP contribution in [0.1, 0.15) is 42.7 Å². The Hall–Kier alpha value is -4.84. The molecule has 12 nitrogen and oxygen atoms in total. The van der Waals surface area contributed by atoms with Crippen molar-refractivity contribution in [3.63, 3.8) is 0 Å². The smallest absolute Gasteiger partial charge is 0.328 e. The van der Waals surface area contributed by atoms with E-state index in [0.717, 1.165) is 10.9 Å². The lowest BCUT2D eigenvalue weighted by Crippen LogP contribution is -2.53. The van der Waals surface area contributed by atoms with E-state index >= 15 is 0 Å². The van der Waals surface area contributed by atoms with E-state index in [9.17, 15) is 24.0 Å². The summed E-state index contributed by atoms with van der Waals surface area (Å²) < 4.78 is 10.6. The molecule has 1 fully saturated rings. The van der Waals surface area contributed by atoms with E-state index in [0.29, 0.717) is 11.9 Å². The fraction of sp³-hybridized carbons (Fsp3) is 0.375. The number of carbonyl (C=O) groups excluding carboxylic acids is 5. The average molecular weight is 604 g/mol. The Morgan fingerprint density at radius 2 is 1.64 bits per heavy atom. The predicted octanol–water partition coefficient (Wildman–Crippen LogP) is 1.41. The fourth-order valence-electron chi connectivity index (χ4n) is 4.95. The van der Waals surface area contributed by atoms with Gasteiger partial charge in [0.05, 0.1) is 37.6 Å². The fourth-order valence-corrected chi connectivity index (χ4v) is 4.95. The lowest BCUT2D eigenvalue weighted by molar-refractivity contribution is -0.146. The molecule has 2 heterocycles. The number of esters is 1. The molecule has 1 aliphatic rings. The van der Waals surface area contributed by atoms with Crippen molar-refractivity contribution in [2.75, 3.05) is 7.11 Å². The molecule has 0 radical (unpaired) electrons. The summed E-state index contributed by atoms with van der Waals surface area (Å²) in [6.45, 7) is 3.59. The Kier molecular flexibility index (Phi) is 10.6. The zero-order chi connectivity index (χ0) is 31.8. The number of hydrogen-bond acceptors (Lipinski definition) is 8. The molecule has 3 aromatic rings. The van der Waals surface area contributed by atoms with Gasteiger partial charge in [0, 0.05) is 5.39 Å². The minimum atomic E-state index is -1.28. The average Bonchev–Trinajstić information content (AvgIpc) is 3.77. The standard InChI is InChI=1S/C32H37N5O7/c1-18(2)28(32(42)43-3)37-27(39)17-25-29(44-25)23(15-19-9-5-4-6-10-19)35-31(41)24(16-26(33)38)36-30(40)22-14-13-20-11-7-8-12-21(20)34-22/h4-14,18,23-25,28-29H,15-17H2,1-3H3,(H2,33,38)(H,35,41)(H,36,40)(H,37,39)/t23?,24-,25?,28+,29?/m1/s1. The number of rotatable bonds is 14. The van der Waals surface area contributed by atoms with Crippen molar-refractivity contribution in [3.8, 4) is 0 Å². The van der Waals surface area contributed by atoms with Crippen LogP contribution in [0.3, 0.4) is 0 Å². The zero-order valence-corrected chi connectivity index (χ0v) is 24.8. The monoisotopic (exact) mass is 603 g/mol. The Bertz CT molecular complexity index is 1510. The summed E-state index contributed by atoms with van der Waals surface area (Å²) in [5.74, 6) is -3.18. The van der Waals surface area contributed by atoms with Gasteiger partial charge in [-0.2, -0.15) is 0 Å². The van der Waals surface area contributed by atoms with Gasteiger partial charge in [0.1, 0.15) is 23.9 Å². The number of ether oxygens (including phenoxy) is 2. The zero-order valence-electron chi connectivity index (χ0n) is 24.8. The van der Waals surface area contributed by atoms with Crippen molar-refractivity contribution in [1.82, 2.24) is 20.9 Å². The van der Waals surface area contributed by atoms with Crippen molar-refractivity contribution in [2.24, 2.45) is 11.7 Å². The van der Waals surface area contributed by atoms with Crippen LogP contribution in [0, 0.1) is 5.92 Å². The number of fused-ring (bicyclic) bond motifs is 1. The molecule has 0 saturated carbocycles. The molecule has 1 aromatic heterocycles. The van der Waals surface area contributed by atoms with Gasteiger partial charge in [0.2, 0.25) is 17.7 Å². The Morgan fingerprint density at radius 3 is 2.32 bits per heavy atom. The van der Waals surface area contributed by atoms with Crippen molar-refractivity contribution >= 4 is 40.5 Å². The third-order valence-electron chi connectivity index (χ3n) is 7.33. The number of carbonyl (C=O) groups is 5. The molecule has 0 spiro atoms.